The van der Waals surface area contributed by atoms with Crippen LogP contribution in [0.25, 0.3) is 0 Å². The Bertz CT molecular complexity index is 415. The van der Waals surface area contributed by atoms with Crippen LogP contribution in [0.2, 0.25) is 0 Å². The quantitative estimate of drug-likeness (QED) is 0.167. The van der Waals surface area contributed by atoms with Crippen LogP contribution in [0.15, 0.2) is 4.99 Å². The fraction of sp³-hybridized carbons (Fsp3) is 0.952. The maximum absolute atomic E-state index is 5.61. The van der Waals surface area contributed by atoms with Crippen molar-refractivity contribution in [2.75, 3.05) is 72.4 Å². The molecular formula is C21H43IN4O3. The summed E-state index contributed by atoms with van der Waals surface area (Å²) in [7, 11) is 0. The lowest BCUT2D eigenvalue weighted by atomic mass is 10.0. The first-order valence-corrected chi connectivity index (χ1v) is 11.3. The van der Waals surface area contributed by atoms with Gasteiger partial charge in [-0.15, -0.1) is 24.0 Å². The number of rotatable bonds is 13. The van der Waals surface area contributed by atoms with Gasteiger partial charge in [-0.05, 0) is 38.5 Å². The molecule has 0 bridgehead atoms. The smallest absolute Gasteiger partial charge is 0.191 e. The zero-order chi connectivity index (χ0) is 19.9. The monoisotopic (exact) mass is 526 g/mol. The average molecular weight is 527 g/mol. The molecule has 0 radical (unpaired) electrons. The minimum atomic E-state index is 0. The van der Waals surface area contributed by atoms with E-state index in [4.69, 9.17) is 14.2 Å². The topological polar surface area (TPSA) is 67.4 Å². The van der Waals surface area contributed by atoms with Crippen LogP contribution in [-0.4, -0.2) is 89.3 Å². The number of nitrogens with zero attached hydrogens (tertiary/aromatic N) is 2. The van der Waals surface area contributed by atoms with Crippen LogP contribution in [0.3, 0.4) is 0 Å². The fourth-order valence-corrected chi connectivity index (χ4v) is 3.66. The molecular weight excluding hydrogens is 483 g/mol. The summed E-state index contributed by atoms with van der Waals surface area (Å²) in [6.07, 6.45) is 5.86. The molecule has 0 aromatic rings. The van der Waals surface area contributed by atoms with Crippen LogP contribution in [0.1, 0.15) is 46.0 Å². The molecule has 0 aromatic carbocycles. The molecule has 1 unspecified atom stereocenters. The van der Waals surface area contributed by atoms with Gasteiger partial charge in [0.1, 0.15) is 0 Å². The number of guanidine groups is 1. The van der Waals surface area contributed by atoms with Crippen molar-refractivity contribution in [1.29, 1.82) is 0 Å². The molecule has 0 saturated carbocycles. The molecule has 0 aliphatic carbocycles. The molecule has 7 nitrogen and oxygen atoms in total. The molecule has 8 heteroatoms. The van der Waals surface area contributed by atoms with Gasteiger partial charge in [0.05, 0.1) is 33.0 Å². The number of piperidine rings is 1. The van der Waals surface area contributed by atoms with Crippen molar-refractivity contribution in [3.63, 3.8) is 0 Å². The summed E-state index contributed by atoms with van der Waals surface area (Å²) in [6, 6.07) is 0.502. The lowest BCUT2D eigenvalue weighted by molar-refractivity contribution is 0.0497. The SMILES string of the molecule is CCCCOCCOCCN=C(NCC)NC1CCN(CC2CCOC2)CC1.I. The van der Waals surface area contributed by atoms with E-state index in [1.807, 2.05) is 0 Å². The highest BCUT2D eigenvalue weighted by Crippen LogP contribution is 2.17. The number of halogens is 1. The Labute approximate surface area is 194 Å². The predicted octanol–water partition coefficient (Wildman–Crippen LogP) is 2.49. The van der Waals surface area contributed by atoms with E-state index in [0.29, 0.717) is 32.4 Å². The Morgan fingerprint density at radius 3 is 2.48 bits per heavy atom. The molecule has 0 aromatic heterocycles. The van der Waals surface area contributed by atoms with Crippen LogP contribution in [0.5, 0.6) is 0 Å². The highest BCUT2D eigenvalue weighted by Gasteiger charge is 2.24. The van der Waals surface area contributed by atoms with Gasteiger partial charge < -0.3 is 29.7 Å². The molecule has 2 heterocycles. The second-order valence-corrected chi connectivity index (χ2v) is 7.79. The maximum atomic E-state index is 5.61. The Morgan fingerprint density at radius 2 is 1.83 bits per heavy atom. The summed E-state index contributed by atoms with van der Waals surface area (Å²) in [5, 5.41) is 6.96. The van der Waals surface area contributed by atoms with E-state index in [1.165, 1.54) is 32.2 Å². The number of likely N-dealkylation sites (tertiary alicyclic amines) is 1. The standard InChI is InChI=1S/C21H42N4O3.HI/c1-3-5-12-26-15-16-27-14-9-23-21(22-4-2)24-20-6-10-25(11-7-20)17-19-8-13-28-18-19;/h19-20H,3-18H2,1-2H3,(H2,22,23,24);1H. The first kappa shape index (κ1) is 26.9. The largest absolute Gasteiger partial charge is 0.381 e. The number of hydrogen-bond donors (Lipinski definition) is 2. The molecule has 172 valence electrons. The van der Waals surface area contributed by atoms with Crippen LogP contribution in [0.4, 0.5) is 0 Å². The molecule has 1 atom stereocenters. The lowest BCUT2D eigenvalue weighted by Crippen LogP contribution is -2.49. The average Bonchev–Trinajstić information content (AvgIpc) is 3.21. The van der Waals surface area contributed by atoms with Crippen LogP contribution in [-0.2, 0) is 14.2 Å². The Morgan fingerprint density at radius 1 is 1.07 bits per heavy atom. The third-order valence-corrected chi connectivity index (χ3v) is 5.33. The highest BCUT2D eigenvalue weighted by molar-refractivity contribution is 14.0. The number of hydrogen-bond acceptors (Lipinski definition) is 5. The van der Waals surface area contributed by atoms with E-state index < -0.39 is 0 Å². The molecule has 2 aliphatic rings. The summed E-state index contributed by atoms with van der Waals surface area (Å²) in [4.78, 5) is 7.25. The zero-order valence-corrected chi connectivity index (χ0v) is 20.8. The van der Waals surface area contributed by atoms with Gasteiger partial charge in [-0.25, -0.2) is 0 Å². The van der Waals surface area contributed by atoms with Crippen molar-refractivity contribution >= 4 is 29.9 Å². The van der Waals surface area contributed by atoms with E-state index in [1.54, 1.807) is 0 Å². The van der Waals surface area contributed by atoms with Crippen LogP contribution in [0, 0.1) is 5.92 Å². The summed E-state index contributed by atoms with van der Waals surface area (Å²) in [5.74, 6) is 1.65. The van der Waals surface area contributed by atoms with Gasteiger partial charge in [-0.1, -0.05) is 13.3 Å². The number of aliphatic imine (C=N–C) groups is 1. The van der Waals surface area contributed by atoms with Gasteiger partial charge in [0.2, 0.25) is 0 Å². The van der Waals surface area contributed by atoms with Crippen LogP contribution < -0.4 is 10.6 Å². The van der Waals surface area contributed by atoms with E-state index in [0.717, 1.165) is 57.8 Å². The highest BCUT2D eigenvalue weighted by atomic mass is 127. The van der Waals surface area contributed by atoms with E-state index >= 15 is 0 Å². The Kier molecular flexibility index (Phi) is 16.2. The second-order valence-electron chi connectivity index (χ2n) is 7.79. The van der Waals surface area contributed by atoms with Crippen molar-refractivity contribution in [3.05, 3.63) is 0 Å². The number of unbranched alkanes of at least 4 members (excludes halogenated alkanes) is 1. The minimum Gasteiger partial charge on any atom is -0.381 e. The normalized spacial score (nSPS) is 21.2. The van der Waals surface area contributed by atoms with Gasteiger partial charge in [0.15, 0.2) is 5.96 Å². The second kappa shape index (κ2) is 17.5. The first-order chi connectivity index (χ1) is 13.8. The van der Waals surface area contributed by atoms with Gasteiger partial charge in [0.25, 0.3) is 0 Å². The van der Waals surface area contributed by atoms with Crippen molar-refractivity contribution in [1.82, 2.24) is 15.5 Å². The third kappa shape index (κ3) is 12.3. The molecule has 0 amide bonds. The van der Waals surface area contributed by atoms with E-state index in [2.05, 4.69) is 34.4 Å². The van der Waals surface area contributed by atoms with Gasteiger partial charge in [0, 0.05) is 45.4 Å². The lowest BCUT2D eigenvalue weighted by Gasteiger charge is -2.34. The Hall–Kier alpha value is -0.160. The van der Waals surface area contributed by atoms with Gasteiger partial charge in [-0.2, -0.15) is 0 Å². The molecule has 2 saturated heterocycles. The molecule has 0 spiro atoms. The van der Waals surface area contributed by atoms with E-state index in [-0.39, 0.29) is 24.0 Å². The van der Waals surface area contributed by atoms with E-state index in [9.17, 15) is 0 Å². The van der Waals surface area contributed by atoms with Crippen molar-refractivity contribution in [3.8, 4) is 0 Å². The van der Waals surface area contributed by atoms with Gasteiger partial charge in [-0.3, -0.25) is 4.99 Å². The van der Waals surface area contributed by atoms with Gasteiger partial charge >= 0.3 is 0 Å². The van der Waals surface area contributed by atoms with Crippen molar-refractivity contribution < 1.29 is 14.2 Å². The zero-order valence-electron chi connectivity index (χ0n) is 18.5. The number of ether oxygens (including phenoxy) is 3. The summed E-state index contributed by atoms with van der Waals surface area (Å²) < 4.78 is 16.6. The maximum Gasteiger partial charge on any atom is 0.191 e. The number of nitrogens with one attached hydrogen (secondary N) is 2. The molecule has 2 fully saturated rings. The van der Waals surface area contributed by atoms with Crippen molar-refractivity contribution in [2.45, 2.75) is 52.0 Å². The molecule has 29 heavy (non-hydrogen) atoms. The first-order valence-electron chi connectivity index (χ1n) is 11.3. The van der Waals surface area contributed by atoms with Crippen molar-refractivity contribution in [2.24, 2.45) is 10.9 Å². The minimum absolute atomic E-state index is 0. The summed E-state index contributed by atoms with van der Waals surface area (Å²) >= 11 is 0. The summed E-state index contributed by atoms with van der Waals surface area (Å²) in [5.41, 5.74) is 0. The molecule has 2 N–H and O–H groups in total. The Balaban J connectivity index is 0.00000420. The fourth-order valence-electron chi connectivity index (χ4n) is 3.66. The summed E-state index contributed by atoms with van der Waals surface area (Å²) in [6.45, 7) is 14.0. The molecule has 2 rings (SSSR count). The van der Waals surface area contributed by atoms with Crippen LogP contribution >= 0.6 is 24.0 Å². The predicted molar refractivity (Wildman–Crippen MR) is 129 cm³/mol. The molecule has 2 aliphatic heterocycles. The third-order valence-electron chi connectivity index (χ3n) is 5.33.